The molecule has 0 bridgehead atoms. The van der Waals surface area contributed by atoms with Crippen LogP contribution in [0, 0.1) is 6.57 Å². The summed E-state index contributed by atoms with van der Waals surface area (Å²) >= 11 is 7.01. The summed E-state index contributed by atoms with van der Waals surface area (Å²) in [6.07, 6.45) is 0. The van der Waals surface area contributed by atoms with Crippen LogP contribution in [0.1, 0.15) is 15.2 Å². The normalized spacial score (nSPS) is 10.2. The van der Waals surface area contributed by atoms with Crippen LogP contribution in [0.2, 0.25) is 5.02 Å². The first-order chi connectivity index (χ1) is 13.5. The van der Waals surface area contributed by atoms with Gasteiger partial charge in [-0.1, -0.05) is 11.6 Å². The quantitative estimate of drug-likeness (QED) is 0.410. The minimum atomic E-state index is -0.260. The molecule has 3 N–H and O–H groups in total. The number of ether oxygens (including phenoxy) is 2. The molecule has 0 aliphatic carbocycles. The third-order valence-corrected chi connectivity index (χ3v) is 5.35. The second kappa shape index (κ2) is 8.21. The predicted molar refractivity (Wildman–Crippen MR) is 113 cm³/mol. The fourth-order valence-electron chi connectivity index (χ4n) is 2.58. The highest BCUT2D eigenvalue weighted by molar-refractivity contribution is 7.19. The molecule has 0 spiro atoms. The molecule has 28 heavy (non-hydrogen) atoms. The number of ketones is 1. The molecule has 0 atom stereocenters. The summed E-state index contributed by atoms with van der Waals surface area (Å²) in [5.41, 5.74) is 7.59. The number of hydrogen-bond donors (Lipinski definition) is 2. The van der Waals surface area contributed by atoms with E-state index in [9.17, 15) is 4.79 Å². The lowest BCUT2D eigenvalue weighted by molar-refractivity contribution is 0.104. The standard InChI is InChI=1S/C20H16ClN3O3S/c1-23-17-16(22)19(18(25)11-4-6-12(21)7-5-11)28-20(17)24-13-8-9-14(26-2)15(10-13)27-3/h4-10,24H,22H2,2-3H3. The van der Waals surface area contributed by atoms with Crippen molar-refractivity contribution in [1.29, 1.82) is 0 Å². The lowest BCUT2D eigenvalue weighted by atomic mass is 10.1. The van der Waals surface area contributed by atoms with E-state index in [-0.39, 0.29) is 17.2 Å². The Balaban J connectivity index is 1.97. The molecule has 8 heteroatoms. The van der Waals surface area contributed by atoms with Crippen LogP contribution < -0.4 is 20.5 Å². The Morgan fingerprint density at radius 2 is 1.82 bits per heavy atom. The van der Waals surface area contributed by atoms with Crippen molar-refractivity contribution in [2.45, 2.75) is 0 Å². The number of nitrogen functional groups attached to an aromatic ring is 1. The smallest absolute Gasteiger partial charge is 0.243 e. The molecule has 6 nitrogen and oxygen atoms in total. The Morgan fingerprint density at radius 1 is 1.14 bits per heavy atom. The number of methoxy groups -OCH3 is 2. The van der Waals surface area contributed by atoms with E-state index < -0.39 is 0 Å². The predicted octanol–water partition coefficient (Wildman–Crippen LogP) is 5.53. The van der Waals surface area contributed by atoms with Gasteiger partial charge in [0, 0.05) is 22.3 Å². The van der Waals surface area contributed by atoms with Crippen LogP contribution in [-0.2, 0) is 0 Å². The number of nitrogens with one attached hydrogen (secondary N) is 1. The summed E-state index contributed by atoms with van der Waals surface area (Å²) in [5, 5.41) is 4.16. The summed E-state index contributed by atoms with van der Waals surface area (Å²) in [6, 6.07) is 11.8. The van der Waals surface area contributed by atoms with Crippen molar-refractivity contribution in [3.8, 4) is 11.5 Å². The number of anilines is 3. The van der Waals surface area contributed by atoms with Crippen molar-refractivity contribution in [3.05, 3.63) is 69.3 Å². The third kappa shape index (κ3) is 3.74. The van der Waals surface area contributed by atoms with Crippen LogP contribution in [0.15, 0.2) is 42.5 Å². The topological polar surface area (TPSA) is 77.9 Å². The van der Waals surface area contributed by atoms with Crippen LogP contribution >= 0.6 is 22.9 Å². The molecule has 3 aromatic rings. The molecule has 0 saturated carbocycles. The van der Waals surface area contributed by atoms with Gasteiger partial charge in [0.05, 0.1) is 31.4 Å². The van der Waals surface area contributed by atoms with Gasteiger partial charge in [0.1, 0.15) is 5.00 Å². The highest BCUT2D eigenvalue weighted by Gasteiger charge is 2.22. The van der Waals surface area contributed by atoms with Gasteiger partial charge in [-0.2, -0.15) is 0 Å². The number of benzene rings is 2. The average molecular weight is 414 g/mol. The SMILES string of the molecule is [C-]#[N+]c1c(Nc2ccc(OC)c(OC)c2)sc(C(=O)c2ccc(Cl)cc2)c1N. The molecule has 2 aromatic carbocycles. The molecule has 0 radical (unpaired) electrons. The van der Waals surface area contributed by atoms with Crippen molar-refractivity contribution in [2.24, 2.45) is 0 Å². The van der Waals surface area contributed by atoms with E-state index in [4.69, 9.17) is 33.4 Å². The van der Waals surface area contributed by atoms with Crippen LogP contribution in [0.3, 0.4) is 0 Å². The number of carbonyl (C=O) groups excluding carboxylic acids is 1. The van der Waals surface area contributed by atoms with Crippen LogP contribution in [-0.4, -0.2) is 20.0 Å². The van der Waals surface area contributed by atoms with Gasteiger partial charge >= 0.3 is 0 Å². The Kier molecular flexibility index (Phi) is 5.73. The van der Waals surface area contributed by atoms with Crippen molar-refractivity contribution in [2.75, 3.05) is 25.3 Å². The number of hydrogen-bond acceptors (Lipinski definition) is 6. The number of carbonyl (C=O) groups is 1. The fourth-order valence-corrected chi connectivity index (χ4v) is 3.75. The van der Waals surface area contributed by atoms with Gasteiger partial charge in [0.2, 0.25) is 11.5 Å². The minimum Gasteiger partial charge on any atom is -0.493 e. The molecular formula is C20H16ClN3O3S. The van der Waals surface area contributed by atoms with Gasteiger partial charge in [-0.25, -0.2) is 4.85 Å². The Labute approximate surface area is 171 Å². The number of rotatable bonds is 6. The van der Waals surface area contributed by atoms with Gasteiger partial charge in [-0.15, -0.1) is 11.3 Å². The molecular weight excluding hydrogens is 398 g/mol. The molecule has 0 saturated heterocycles. The summed E-state index contributed by atoms with van der Waals surface area (Å²) in [4.78, 5) is 16.6. The second-order valence-electron chi connectivity index (χ2n) is 5.67. The largest absolute Gasteiger partial charge is 0.493 e. The first-order valence-corrected chi connectivity index (χ1v) is 9.27. The highest BCUT2D eigenvalue weighted by atomic mass is 35.5. The lowest BCUT2D eigenvalue weighted by Gasteiger charge is -2.10. The first kappa shape index (κ1) is 19.5. The van der Waals surface area contributed by atoms with E-state index in [2.05, 4.69) is 10.2 Å². The van der Waals surface area contributed by atoms with E-state index in [0.717, 1.165) is 11.3 Å². The van der Waals surface area contributed by atoms with E-state index in [1.165, 1.54) is 7.11 Å². The average Bonchev–Trinajstić information content (AvgIpc) is 3.02. The monoisotopic (exact) mass is 413 g/mol. The number of thiophene rings is 1. The molecule has 0 aliphatic heterocycles. The zero-order chi connectivity index (χ0) is 20.3. The maximum atomic E-state index is 12.8. The molecule has 3 rings (SSSR count). The summed E-state index contributed by atoms with van der Waals surface area (Å²) in [5.74, 6) is 0.867. The molecule has 142 valence electrons. The molecule has 0 aliphatic rings. The number of nitrogens with zero attached hydrogens (tertiary/aromatic N) is 1. The van der Waals surface area contributed by atoms with E-state index in [1.54, 1.807) is 49.6 Å². The van der Waals surface area contributed by atoms with Crippen molar-refractivity contribution in [3.63, 3.8) is 0 Å². The Bertz CT molecular complexity index is 1070. The van der Waals surface area contributed by atoms with E-state index in [1.807, 2.05) is 0 Å². The maximum Gasteiger partial charge on any atom is 0.243 e. The van der Waals surface area contributed by atoms with Gasteiger partial charge in [0.25, 0.3) is 0 Å². The number of halogens is 1. The first-order valence-electron chi connectivity index (χ1n) is 8.07. The van der Waals surface area contributed by atoms with Gasteiger partial charge in [-0.05, 0) is 36.4 Å². The molecule has 1 aromatic heterocycles. The molecule has 1 heterocycles. The van der Waals surface area contributed by atoms with Crippen molar-refractivity contribution >= 4 is 50.8 Å². The minimum absolute atomic E-state index is 0.155. The summed E-state index contributed by atoms with van der Waals surface area (Å²) in [6.45, 7) is 7.46. The van der Waals surface area contributed by atoms with Gasteiger partial charge in [0.15, 0.2) is 11.5 Å². The summed E-state index contributed by atoms with van der Waals surface area (Å²) in [7, 11) is 3.09. The Hall–Kier alpha value is -3.21. The zero-order valence-corrected chi connectivity index (χ0v) is 16.6. The molecule has 0 amide bonds. The highest BCUT2D eigenvalue weighted by Crippen LogP contribution is 2.45. The van der Waals surface area contributed by atoms with Crippen molar-refractivity contribution in [1.82, 2.24) is 0 Å². The van der Waals surface area contributed by atoms with Gasteiger partial charge < -0.3 is 20.5 Å². The van der Waals surface area contributed by atoms with Crippen LogP contribution in [0.4, 0.5) is 22.1 Å². The van der Waals surface area contributed by atoms with E-state index in [0.29, 0.717) is 37.7 Å². The summed E-state index contributed by atoms with van der Waals surface area (Å²) < 4.78 is 10.5. The van der Waals surface area contributed by atoms with E-state index >= 15 is 0 Å². The molecule has 0 unspecified atom stereocenters. The fraction of sp³-hybridized carbons (Fsp3) is 0.100. The molecule has 0 fully saturated rings. The van der Waals surface area contributed by atoms with Gasteiger partial charge in [-0.3, -0.25) is 4.79 Å². The third-order valence-electron chi connectivity index (χ3n) is 3.98. The maximum absolute atomic E-state index is 12.8. The Morgan fingerprint density at radius 3 is 2.43 bits per heavy atom. The second-order valence-corrected chi connectivity index (χ2v) is 7.12. The number of nitrogens with two attached hydrogens (primary N) is 1. The lowest BCUT2D eigenvalue weighted by Crippen LogP contribution is -2.01. The van der Waals surface area contributed by atoms with Crippen LogP contribution in [0.5, 0.6) is 11.5 Å². The van der Waals surface area contributed by atoms with Crippen LogP contribution in [0.25, 0.3) is 4.85 Å². The zero-order valence-electron chi connectivity index (χ0n) is 15.1. The van der Waals surface area contributed by atoms with Crippen molar-refractivity contribution < 1.29 is 14.3 Å².